The first-order chi connectivity index (χ1) is 9.26. The van der Waals surface area contributed by atoms with E-state index in [1.165, 1.54) is 24.2 Å². The molecule has 2 aromatic rings. The number of benzene rings is 1. The molecular weight excluding hydrogens is 258 g/mol. The van der Waals surface area contributed by atoms with Crippen LogP contribution < -0.4 is 10.6 Å². The molecule has 0 saturated heterocycles. The lowest BCUT2D eigenvalue weighted by Crippen LogP contribution is -2.11. The fourth-order valence-electron chi connectivity index (χ4n) is 1.87. The SMILES string of the molecule is CNc1ccc(C(=O)Nc2nc(C3CC3)cs2)cc1. The number of carbonyl (C=O) groups is 1. The zero-order valence-corrected chi connectivity index (χ0v) is 11.5. The first-order valence-corrected chi connectivity index (χ1v) is 7.19. The third kappa shape index (κ3) is 2.76. The van der Waals surface area contributed by atoms with Gasteiger partial charge in [-0.2, -0.15) is 0 Å². The van der Waals surface area contributed by atoms with Crippen LogP contribution in [-0.4, -0.2) is 17.9 Å². The number of anilines is 2. The third-order valence-corrected chi connectivity index (χ3v) is 3.95. The number of hydrogen-bond donors (Lipinski definition) is 2. The topological polar surface area (TPSA) is 54.0 Å². The van der Waals surface area contributed by atoms with Gasteiger partial charge in [0.1, 0.15) is 0 Å². The third-order valence-electron chi connectivity index (χ3n) is 3.17. The van der Waals surface area contributed by atoms with Gasteiger partial charge < -0.3 is 5.32 Å². The van der Waals surface area contributed by atoms with E-state index in [1.807, 2.05) is 24.6 Å². The molecule has 0 atom stereocenters. The molecule has 19 heavy (non-hydrogen) atoms. The number of nitrogens with zero attached hydrogens (tertiary/aromatic N) is 1. The highest BCUT2D eigenvalue weighted by molar-refractivity contribution is 7.14. The Labute approximate surface area is 115 Å². The molecule has 0 radical (unpaired) electrons. The Morgan fingerprint density at radius 2 is 2.05 bits per heavy atom. The smallest absolute Gasteiger partial charge is 0.257 e. The number of hydrogen-bond acceptors (Lipinski definition) is 4. The predicted molar refractivity (Wildman–Crippen MR) is 78.0 cm³/mol. The highest BCUT2D eigenvalue weighted by Crippen LogP contribution is 2.40. The second kappa shape index (κ2) is 5.01. The Hall–Kier alpha value is -1.88. The molecular formula is C14H15N3OS. The summed E-state index contributed by atoms with van der Waals surface area (Å²) >= 11 is 1.49. The van der Waals surface area contributed by atoms with Gasteiger partial charge in [-0.1, -0.05) is 0 Å². The minimum atomic E-state index is -0.112. The van der Waals surface area contributed by atoms with Gasteiger partial charge in [0.15, 0.2) is 5.13 Å². The van der Waals surface area contributed by atoms with Crippen molar-refractivity contribution >= 4 is 28.1 Å². The maximum atomic E-state index is 12.0. The Balaban J connectivity index is 1.68. The maximum absolute atomic E-state index is 12.0. The lowest BCUT2D eigenvalue weighted by Gasteiger charge is -2.03. The second-order valence-electron chi connectivity index (χ2n) is 4.63. The molecule has 0 spiro atoms. The Morgan fingerprint density at radius 3 is 2.68 bits per heavy atom. The van der Waals surface area contributed by atoms with Crippen molar-refractivity contribution in [3.05, 3.63) is 40.9 Å². The Bertz CT molecular complexity index is 587. The average molecular weight is 273 g/mol. The molecule has 1 aromatic carbocycles. The van der Waals surface area contributed by atoms with Gasteiger partial charge >= 0.3 is 0 Å². The summed E-state index contributed by atoms with van der Waals surface area (Å²) in [5, 5.41) is 8.59. The van der Waals surface area contributed by atoms with Crippen LogP contribution in [0.5, 0.6) is 0 Å². The van der Waals surface area contributed by atoms with Crippen molar-refractivity contribution in [2.24, 2.45) is 0 Å². The van der Waals surface area contributed by atoms with E-state index in [0.717, 1.165) is 11.4 Å². The summed E-state index contributed by atoms with van der Waals surface area (Å²) in [6.45, 7) is 0. The zero-order valence-electron chi connectivity index (χ0n) is 10.6. The number of aromatic nitrogens is 1. The zero-order chi connectivity index (χ0) is 13.2. The van der Waals surface area contributed by atoms with Gasteiger partial charge in [0.2, 0.25) is 0 Å². The number of nitrogens with one attached hydrogen (secondary N) is 2. The second-order valence-corrected chi connectivity index (χ2v) is 5.49. The van der Waals surface area contributed by atoms with Crippen molar-refractivity contribution in [1.82, 2.24) is 4.98 Å². The van der Waals surface area contributed by atoms with Crippen LogP contribution in [0.15, 0.2) is 29.6 Å². The van der Waals surface area contributed by atoms with E-state index in [2.05, 4.69) is 15.6 Å². The molecule has 1 aliphatic carbocycles. The van der Waals surface area contributed by atoms with Crippen molar-refractivity contribution in [2.75, 3.05) is 17.7 Å². The standard InChI is InChI=1S/C14H15N3OS/c1-15-11-6-4-10(5-7-11)13(18)17-14-16-12(8-19-14)9-2-3-9/h4-9,15H,2-3H2,1H3,(H,16,17,18). The van der Waals surface area contributed by atoms with Gasteiger partial charge in [-0.25, -0.2) is 4.98 Å². The van der Waals surface area contributed by atoms with Gasteiger partial charge in [-0.05, 0) is 37.1 Å². The highest BCUT2D eigenvalue weighted by atomic mass is 32.1. The number of amides is 1. The number of carbonyl (C=O) groups excluding carboxylic acids is 1. The van der Waals surface area contributed by atoms with Crippen LogP contribution in [0.25, 0.3) is 0 Å². The van der Waals surface area contributed by atoms with Crippen molar-refractivity contribution in [3.8, 4) is 0 Å². The van der Waals surface area contributed by atoms with Crippen LogP contribution in [-0.2, 0) is 0 Å². The number of rotatable bonds is 4. The molecule has 2 N–H and O–H groups in total. The van der Waals surface area contributed by atoms with Crippen molar-refractivity contribution < 1.29 is 4.79 Å². The molecule has 1 heterocycles. The summed E-state index contributed by atoms with van der Waals surface area (Å²) < 4.78 is 0. The van der Waals surface area contributed by atoms with Gasteiger partial charge in [-0.3, -0.25) is 10.1 Å². The van der Waals surface area contributed by atoms with Gasteiger partial charge in [-0.15, -0.1) is 11.3 Å². The minimum Gasteiger partial charge on any atom is -0.388 e. The summed E-state index contributed by atoms with van der Waals surface area (Å²) in [7, 11) is 1.85. The van der Waals surface area contributed by atoms with Crippen LogP contribution in [0.3, 0.4) is 0 Å². The molecule has 1 aliphatic rings. The normalized spacial score (nSPS) is 14.2. The van der Waals surface area contributed by atoms with Crippen LogP contribution in [0, 0.1) is 0 Å². The van der Waals surface area contributed by atoms with Crippen LogP contribution in [0.2, 0.25) is 0 Å². The molecule has 1 aromatic heterocycles. The first kappa shape index (κ1) is 12.2. The van der Waals surface area contributed by atoms with E-state index in [-0.39, 0.29) is 5.91 Å². The summed E-state index contributed by atoms with van der Waals surface area (Å²) in [6, 6.07) is 7.37. The first-order valence-electron chi connectivity index (χ1n) is 6.31. The molecule has 98 valence electrons. The van der Waals surface area contributed by atoms with Gasteiger partial charge in [0.05, 0.1) is 5.69 Å². The molecule has 0 bridgehead atoms. The summed E-state index contributed by atoms with van der Waals surface area (Å²) in [4.78, 5) is 16.5. The molecule has 1 saturated carbocycles. The quantitative estimate of drug-likeness (QED) is 0.898. The monoisotopic (exact) mass is 273 g/mol. The molecule has 5 heteroatoms. The molecule has 0 unspecified atom stereocenters. The van der Waals surface area contributed by atoms with E-state index in [9.17, 15) is 4.79 Å². The van der Waals surface area contributed by atoms with E-state index >= 15 is 0 Å². The number of thiazole rings is 1. The molecule has 1 fully saturated rings. The van der Waals surface area contributed by atoms with Crippen molar-refractivity contribution in [1.29, 1.82) is 0 Å². The lowest BCUT2D eigenvalue weighted by atomic mass is 10.2. The van der Waals surface area contributed by atoms with Crippen LogP contribution in [0.4, 0.5) is 10.8 Å². The van der Waals surface area contributed by atoms with Crippen LogP contribution >= 0.6 is 11.3 Å². The average Bonchev–Trinajstić information content (AvgIpc) is 3.20. The predicted octanol–water partition coefficient (Wildman–Crippen LogP) is 3.31. The van der Waals surface area contributed by atoms with Gasteiger partial charge in [0.25, 0.3) is 5.91 Å². The molecule has 1 amide bonds. The largest absolute Gasteiger partial charge is 0.388 e. The van der Waals surface area contributed by atoms with E-state index in [1.54, 1.807) is 12.1 Å². The minimum absolute atomic E-state index is 0.112. The lowest BCUT2D eigenvalue weighted by molar-refractivity contribution is 0.102. The Morgan fingerprint density at radius 1 is 1.32 bits per heavy atom. The van der Waals surface area contributed by atoms with Crippen molar-refractivity contribution in [3.63, 3.8) is 0 Å². The summed E-state index contributed by atoms with van der Waals surface area (Å²) in [5.74, 6) is 0.510. The maximum Gasteiger partial charge on any atom is 0.257 e. The van der Waals surface area contributed by atoms with E-state index < -0.39 is 0 Å². The fourth-order valence-corrected chi connectivity index (χ4v) is 2.65. The summed E-state index contributed by atoms with van der Waals surface area (Å²) in [5.41, 5.74) is 2.75. The Kier molecular flexibility index (Phi) is 3.21. The fraction of sp³-hybridized carbons (Fsp3) is 0.286. The van der Waals surface area contributed by atoms with E-state index in [0.29, 0.717) is 16.6 Å². The highest BCUT2D eigenvalue weighted by Gasteiger charge is 2.26. The molecule has 4 nitrogen and oxygen atoms in total. The van der Waals surface area contributed by atoms with Crippen molar-refractivity contribution in [2.45, 2.75) is 18.8 Å². The van der Waals surface area contributed by atoms with Gasteiger partial charge in [0, 0.05) is 29.6 Å². The van der Waals surface area contributed by atoms with Crippen LogP contribution in [0.1, 0.15) is 34.8 Å². The summed E-state index contributed by atoms with van der Waals surface area (Å²) in [6.07, 6.45) is 2.45. The molecule has 0 aliphatic heterocycles. The van der Waals surface area contributed by atoms with E-state index in [4.69, 9.17) is 0 Å². The molecule has 3 rings (SSSR count).